The molecule has 70 heavy (non-hydrogen) atoms. The summed E-state index contributed by atoms with van der Waals surface area (Å²) < 4.78 is 16.9. The Balaban J connectivity index is 4.26. The summed E-state index contributed by atoms with van der Waals surface area (Å²) >= 11 is 0. The second kappa shape index (κ2) is 58.3. The number of ether oxygens (including phenoxy) is 3. The summed E-state index contributed by atoms with van der Waals surface area (Å²) in [4.78, 5) is 38.3. The molecule has 0 aliphatic rings. The average Bonchev–Trinajstić information content (AvgIpc) is 3.36. The second-order valence-electron chi connectivity index (χ2n) is 22.3. The highest BCUT2D eigenvalue weighted by Crippen LogP contribution is 2.19. The Morgan fingerprint density at radius 3 is 0.743 bits per heavy atom. The molecule has 0 heterocycles. The van der Waals surface area contributed by atoms with Crippen LogP contribution in [0.5, 0.6) is 0 Å². The standard InChI is InChI=1S/C64H124O6/c1-5-8-10-12-14-16-18-20-22-28-32-36-40-44-48-52-56-63(66)69-59-61(58-68-62(65)55-51-47-43-39-35-31-21-19-17-15-13-11-9-6-2)70-64(67)57-53-49-45-41-37-33-29-26-24-23-25-27-30-34-38-42-46-50-54-60(4)7-3/h60-61H,5-59H2,1-4H3/t60?,61-/m1/s1. The van der Waals surface area contributed by atoms with Crippen LogP contribution < -0.4 is 0 Å². The number of carbonyl (C=O) groups excluding carboxylic acids is 3. The molecule has 0 spiro atoms. The van der Waals surface area contributed by atoms with Crippen molar-refractivity contribution in [1.82, 2.24) is 0 Å². The minimum atomic E-state index is -0.762. The van der Waals surface area contributed by atoms with Crippen molar-refractivity contribution in [2.45, 2.75) is 374 Å². The Bertz CT molecular complexity index is 1060. The zero-order valence-corrected chi connectivity index (χ0v) is 48.0. The molecule has 0 aromatic carbocycles. The number of rotatable bonds is 59. The van der Waals surface area contributed by atoms with Crippen molar-refractivity contribution in [1.29, 1.82) is 0 Å². The number of carbonyl (C=O) groups is 3. The molecule has 0 aromatic rings. The minimum absolute atomic E-state index is 0.0611. The highest BCUT2D eigenvalue weighted by molar-refractivity contribution is 5.71. The molecular weight excluding hydrogens is 865 g/mol. The van der Waals surface area contributed by atoms with Crippen LogP contribution in [0, 0.1) is 5.92 Å². The van der Waals surface area contributed by atoms with Gasteiger partial charge >= 0.3 is 17.9 Å². The maximum Gasteiger partial charge on any atom is 0.306 e. The van der Waals surface area contributed by atoms with E-state index in [4.69, 9.17) is 14.2 Å². The van der Waals surface area contributed by atoms with Gasteiger partial charge in [0.2, 0.25) is 0 Å². The third-order valence-corrected chi connectivity index (χ3v) is 15.2. The van der Waals surface area contributed by atoms with E-state index in [9.17, 15) is 14.4 Å². The van der Waals surface area contributed by atoms with Gasteiger partial charge in [-0.3, -0.25) is 14.4 Å². The summed E-state index contributed by atoms with van der Waals surface area (Å²) in [5, 5.41) is 0. The van der Waals surface area contributed by atoms with E-state index in [1.807, 2.05) is 0 Å². The van der Waals surface area contributed by atoms with Crippen LogP contribution in [-0.2, 0) is 28.6 Å². The molecule has 0 aliphatic heterocycles. The SMILES string of the molecule is CCCCCCCCCCCCCCCCCCC(=O)OC[C@@H](COC(=O)CCCCCCCCCCCCCCCC)OC(=O)CCCCCCCCCCCCCCCCCCCCC(C)CC. The molecule has 0 saturated heterocycles. The first-order valence-electron chi connectivity index (χ1n) is 31.9. The fourth-order valence-corrected chi connectivity index (χ4v) is 9.95. The van der Waals surface area contributed by atoms with Gasteiger partial charge in [-0.15, -0.1) is 0 Å². The summed E-state index contributed by atoms with van der Waals surface area (Å²) in [7, 11) is 0. The Morgan fingerprint density at radius 1 is 0.286 bits per heavy atom. The zero-order valence-electron chi connectivity index (χ0n) is 48.0. The van der Waals surface area contributed by atoms with Crippen molar-refractivity contribution >= 4 is 17.9 Å². The molecule has 0 radical (unpaired) electrons. The van der Waals surface area contributed by atoms with Crippen LogP contribution in [-0.4, -0.2) is 37.2 Å². The Morgan fingerprint density at radius 2 is 0.500 bits per heavy atom. The van der Waals surface area contributed by atoms with Crippen LogP contribution in [0.2, 0.25) is 0 Å². The predicted molar refractivity (Wildman–Crippen MR) is 303 cm³/mol. The molecule has 0 rings (SSSR count). The van der Waals surface area contributed by atoms with Gasteiger partial charge in [0.1, 0.15) is 13.2 Å². The van der Waals surface area contributed by atoms with Crippen molar-refractivity contribution in [3.63, 3.8) is 0 Å². The van der Waals surface area contributed by atoms with E-state index in [2.05, 4.69) is 27.7 Å². The van der Waals surface area contributed by atoms with Gasteiger partial charge in [-0.25, -0.2) is 0 Å². The lowest BCUT2D eigenvalue weighted by Crippen LogP contribution is -2.30. The van der Waals surface area contributed by atoms with Crippen LogP contribution in [0.1, 0.15) is 368 Å². The van der Waals surface area contributed by atoms with Crippen molar-refractivity contribution in [2.75, 3.05) is 13.2 Å². The molecule has 0 saturated carbocycles. The van der Waals surface area contributed by atoms with Crippen molar-refractivity contribution in [3.8, 4) is 0 Å². The van der Waals surface area contributed by atoms with Gasteiger partial charge in [0.05, 0.1) is 0 Å². The van der Waals surface area contributed by atoms with Gasteiger partial charge in [-0.05, 0) is 25.2 Å². The number of hydrogen-bond acceptors (Lipinski definition) is 6. The maximum absolute atomic E-state index is 12.9. The van der Waals surface area contributed by atoms with Crippen LogP contribution in [0.15, 0.2) is 0 Å². The summed E-state index contributed by atoms with van der Waals surface area (Å²) in [6, 6.07) is 0. The van der Waals surface area contributed by atoms with E-state index >= 15 is 0 Å². The quantitative estimate of drug-likeness (QED) is 0.0343. The molecule has 2 atom stereocenters. The Kier molecular flexibility index (Phi) is 57.0. The normalized spacial score (nSPS) is 12.3. The summed E-state index contributed by atoms with van der Waals surface area (Å²) in [6.45, 7) is 9.13. The second-order valence-corrected chi connectivity index (χ2v) is 22.3. The highest BCUT2D eigenvalue weighted by Gasteiger charge is 2.19. The molecule has 0 bridgehead atoms. The summed E-state index contributed by atoms with van der Waals surface area (Å²) in [6.07, 6.45) is 65.2. The predicted octanol–water partition coefficient (Wildman–Crippen LogP) is 21.4. The van der Waals surface area contributed by atoms with Crippen molar-refractivity contribution < 1.29 is 28.6 Å². The first kappa shape index (κ1) is 68.4. The summed E-state index contributed by atoms with van der Waals surface area (Å²) in [5.41, 5.74) is 0. The molecule has 6 nitrogen and oxygen atoms in total. The average molecular weight is 990 g/mol. The molecule has 0 aliphatic carbocycles. The lowest BCUT2D eigenvalue weighted by Gasteiger charge is -2.18. The van der Waals surface area contributed by atoms with E-state index in [0.29, 0.717) is 19.3 Å². The third-order valence-electron chi connectivity index (χ3n) is 15.2. The fraction of sp³-hybridized carbons (Fsp3) is 0.953. The fourth-order valence-electron chi connectivity index (χ4n) is 9.95. The van der Waals surface area contributed by atoms with E-state index in [1.54, 1.807) is 0 Å². The molecule has 0 fully saturated rings. The van der Waals surface area contributed by atoms with Crippen LogP contribution >= 0.6 is 0 Å². The van der Waals surface area contributed by atoms with E-state index in [0.717, 1.165) is 63.7 Å². The lowest BCUT2D eigenvalue weighted by atomic mass is 9.99. The van der Waals surface area contributed by atoms with Gasteiger partial charge in [-0.2, -0.15) is 0 Å². The molecule has 6 heteroatoms. The number of hydrogen-bond donors (Lipinski definition) is 0. The molecule has 1 unspecified atom stereocenters. The molecule has 0 N–H and O–H groups in total. The molecule has 0 aromatic heterocycles. The minimum Gasteiger partial charge on any atom is -0.462 e. The van der Waals surface area contributed by atoms with Gasteiger partial charge in [-0.1, -0.05) is 329 Å². The third kappa shape index (κ3) is 55.7. The smallest absolute Gasteiger partial charge is 0.306 e. The van der Waals surface area contributed by atoms with E-state index < -0.39 is 6.10 Å². The zero-order chi connectivity index (χ0) is 50.9. The van der Waals surface area contributed by atoms with Gasteiger partial charge in [0, 0.05) is 19.3 Å². The Labute approximate surface area is 438 Å². The van der Waals surface area contributed by atoms with Crippen LogP contribution in [0.25, 0.3) is 0 Å². The van der Waals surface area contributed by atoms with Crippen molar-refractivity contribution in [2.24, 2.45) is 5.92 Å². The molecule has 416 valence electrons. The van der Waals surface area contributed by atoms with Crippen LogP contribution in [0.4, 0.5) is 0 Å². The number of unbranched alkanes of at least 4 members (excludes halogenated alkanes) is 45. The van der Waals surface area contributed by atoms with Gasteiger partial charge in [0.15, 0.2) is 6.10 Å². The first-order valence-corrected chi connectivity index (χ1v) is 31.9. The summed E-state index contributed by atoms with van der Waals surface area (Å²) in [5.74, 6) is 0.0816. The van der Waals surface area contributed by atoms with Crippen molar-refractivity contribution in [3.05, 3.63) is 0 Å². The van der Waals surface area contributed by atoms with E-state index in [1.165, 1.54) is 263 Å². The maximum atomic E-state index is 12.9. The highest BCUT2D eigenvalue weighted by atomic mass is 16.6. The Hall–Kier alpha value is -1.59. The van der Waals surface area contributed by atoms with Crippen LogP contribution in [0.3, 0.4) is 0 Å². The largest absolute Gasteiger partial charge is 0.462 e. The van der Waals surface area contributed by atoms with E-state index in [-0.39, 0.29) is 31.1 Å². The van der Waals surface area contributed by atoms with Gasteiger partial charge < -0.3 is 14.2 Å². The first-order chi connectivity index (χ1) is 34.4. The number of esters is 3. The monoisotopic (exact) mass is 989 g/mol. The lowest BCUT2D eigenvalue weighted by molar-refractivity contribution is -0.167. The topological polar surface area (TPSA) is 78.9 Å². The molecule has 0 amide bonds. The van der Waals surface area contributed by atoms with Gasteiger partial charge in [0.25, 0.3) is 0 Å². The molecular formula is C64H124O6.